The Morgan fingerprint density at radius 2 is 1.71 bits per heavy atom. The maximum absolute atomic E-state index is 3.91. The zero-order valence-electron chi connectivity index (χ0n) is 11.3. The molecular weight excluding hydrogens is 206 g/mol. The summed E-state index contributed by atoms with van der Waals surface area (Å²) in [7, 11) is 0. The lowest BCUT2D eigenvalue weighted by atomic mass is 9.95. The third-order valence-electron chi connectivity index (χ3n) is 3.89. The Morgan fingerprint density at radius 1 is 1.06 bits per heavy atom. The van der Waals surface area contributed by atoms with Crippen LogP contribution in [0.15, 0.2) is 38.0 Å². The lowest BCUT2D eigenvalue weighted by Crippen LogP contribution is -2.18. The molecule has 0 aliphatic carbocycles. The fourth-order valence-corrected chi connectivity index (χ4v) is 3.01. The molecule has 0 aromatic rings. The Bertz CT molecular complexity index is 257. The SMILES string of the molecule is C=CCC1N(CCCCC)C1(CC=C)CC=C. The zero-order chi connectivity index (χ0) is 12.7. The van der Waals surface area contributed by atoms with E-state index in [4.69, 9.17) is 0 Å². The van der Waals surface area contributed by atoms with Crippen molar-refractivity contribution in [2.75, 3.05) is 6.54 Å². The van der Waals surface area contributed by atoms with Crippen molar-refractivity contribution in [2.45, 2.75) is 57.0 Å². The minimum absolute atomic E-state index is 0.311. The summed E-state index contributed by atoms with van der Waals surface area (Å²) in [4.78, 5) is 2.63. The van der Waals surface area contributed by atoms with Crippen molar-refractivity contribution in [3.63, 3.8) is 0 Å². The molecule has 17 heavy (non-hydrogen) atoms. The molecule has 1 heterocycles. The van der Waals surface area contributed by atoms with Gasteiger partial charge in [-0.25, -0.2) is 0 Å². The van der Waals surface area contributed by atoms with E-state index in [0.29, 0.717) is 11.6 Å². The molecule has 0 aromatic carbocycles. The van der Waals surface area contributed by atoms with Gasteiger partial charge in [0.1, 0.15) is 0 Å². The fraction of sp³-hybridized carbons (Fsp3) is 0.625. The first-order valence-electron chi connectivity index (χ1n) is 6.86. The van der Waals surface area contributed by atoms with Crippen LogP contribution in [0, 0.1) is 0 Å². The molecule has 1 aliphatic heterocycles. The van der Waals surface area contributed by atoms with Crippen molar-refractivity contribution in [2.24, 2.45) is 0 Å². The highest BCUT2D eigenvalue weighted by atomic mass is 15.4. The lowest BCUT2D eigenvalue weighted by Gasteiger charge is -2.13. The minimum atomic E-state index is 0.311. The van der Waals surface area contributed by atoms with Crippen LogP contribution >= 0.6 is 0 Å². The quantitative estimate of drug-likeness (QED) is 0.308. The summed E-state index contributed by atoms with van der Waals surface area (Å²) in [6, 6.07) is 0.660. The zero-order valence-corrected chi connectivity index (χ0v) is 11.3. The van der Waals surface area contributed by atoms with Crippen LogP contribution < -0.4 is 0 Å². The number of hydrogen-bond acceptors (Lipinski definition) is 1. The van der Waals surface area contributed by atoms with Crippen molar-refractivity contribution in [3.05, 3.63) is 38.0 Å². The van der Waals surface area contributed by atoms with E-state index in [1.807, 2.05) is 6.08 Å². The molecule has 1 saturated heterocycles. The summed E-state index contributed by atoms with van der Waals surface area (Å²) in [6.45, 7) is 15.2. The molecule has 2 atom stereocenters. The highest BCUT2D eigenvalue weighted by Gasteiger charge is 2.58. The summed E-state index contributed by atoms with van der Waals surface area (Å²) in [5.74, 6) is 0. The van der Waals surface area contributed by atoms with Gasteiger partial charge in [0, 0.05) is 11.6 Å². The lowest BCUT2D eigenvalue weighted by molar-refractivity contribution is 0.389. The molecule has 0 N–H and O–H groups in total. The summed E-state index contributed by atoms with van der Waals surface area (Å²) >= 11 is 0. The molecule has 0 spiro atoms. The highest BCUT2D eigenvalue weighted by molar-refractivity contribution is 5.21. The van der Waals surface area contributed by atoms with Crippen LogP contribution in [0.3, 0.4) is 0 Å². The van der Waals surface area contributed by atoms with Crippen molar-refractivity contribution in [3.8, 4) is 0 Å². The summed E-state index contributed by atoms with van der Waals surface area (Å²) in [6.07, 6.45) is 13.3. The first-order chi connectivity index (χ1) is 8.26. The Hall–Kier alpha value is -0.820. The number of hydrogen-bond donors (Lipinski definition) is 0. The largest absolute Gasteiger partial charge is 0.290 e. The minimum Gasteiger partial charge on any atom is -0.290 e. The van der Waals surface area contributed by atoms with Crippen LogP contribution in [0.2, 0.25) is 0 Å². The molecule has 1 aliphatic rings. The molecule has 2 unspecified atom stereocenters. The second-order valence-corrected chi connectivity index (χ2v) is 5.03. The topological polar surface area (TPSA) is 3.01 Å². The van der Waals surface area contributed by atoms with Crippen molar-refractivity contribution >= 4 is 0 Å². The van der Waals surface area contributed by atoms with Crippen LogP contribution in [-0.2, 0) is 0 Å². The summed E-state index contributed by atoms with van der Waals surface area (Å²) < 4.78 is 0. The van der Waals surface area contributed by atoms with Gasteiger partial charge >= 0.3 is 0 Å². The van der Waals surface area contributed by atoms with E-state index in [1.165, 1.54) is 25.8 Å². The Balaban J connectivity index is 2.61. The first kappa shape index (κ1) is 14.2. The van der Waals surface area contributed by atoms with Gasteiger partial charge < -0.3 is 0 Å². The van der Waals surface area contributed by atoms with Gasteiger partial charge in [-0.15, -0.1) is 19.7 Å². The molecule has 0 amide bonds. The van der Waals surface area contributed by atoms with Crippen LogP contribution in [0.25, 0.3) is 0 Å². The van der Waals surface area contributed by atoms with Gasteiger partial charge in [0.05, 0.1) is 0 Å². The van der Waals surface area contributed by atoms with E-state index < -0.39 is 0 Å². The third-order valence-corrected chi connectivity index (χ3v) is 3.89. The van der Waals surface area contributed by atoms with Crippen molar-refractivity contribution in [1.29, 1.82) is 0 Å². The highest BCUT2D eigenvalue weighted by Crippen LogP contribution is 2.49. The second-order valence-electron chi connectivity index (χ2n) is 5.03. The predicted octanol–water partition coefficient (Wildman–Crippen LogP) is 4.33. The second kappa shape index (κ2) is 6.80. The Labute approximate surface area is 107 Å². The van der Waals surface area contributed by atoms with Crippen LogP contribution in [0.5, 0.6) is 0 Å². The van der Waals surface area contributed by atoms with Gasteiger partial charge in [0.15, 0.2) is 0 Å². The van der Waals surface area contributed by atoms with E-state index in [1.54, 1.807) is 0 Å². The van der Waals surface area contributed by atoms with E-state index in [0.717, 1.165) is 19.3 Å². The van der Waals surface area contributed by atoms with Crippen LogP contribution in [0.1, 0.15) is 45.4 Å². The molecule has 0 aromatic heterocycles. The van der Waals surface area contributed by atoms with E-state index >= 15 is 0 Å². The van der Waals surface area contributed by atoms with Crippen molar-refractivity contribution < 1.29 is 0 Å². The fourth-order valence-electron chi connectivity index (χ4n) is 3.01. The van der Waals surface area contributed by atoms with Gasteiger partial charge in [-0.1, -0.05) is 38.0 Å². The van der Waals surface area contributed by atoms with Gasteiger partial charge in [-0.05, 0) is 32.2 Å². The molecule has 1 heteroatoms. The molecule has 1 fully saturated rings. The maximum atomic E-state index is 3.91. The molecule has 1 rings (SSSR count). The third kappa shape index (κ3) is 3.10. The average molecular weight is 233 g/mol. The maximum Gasteiger partial charge on any atom is 0.0440 e. The summed E-state index contributed by atoms with van der Waals surface area (Å²) in [5.41, 5.74) is 0.311. The molecule has 0 saturated carbocycles. The number of nitrogens with zero attached hydrogens (tertiary/aromatic N) is 1. The predicted molar refractivity (Wildman–Crippen MR) is 77.2 cm³/mol. The molecule has 0 bridgehead atoms. The molecule has 0 radical (unpaired) electrons. The van der Waals surface area contributed by atoms with Gasteiger partial charge in [0.25, 0.3) is 0 Å². The summed E-state index contributed by atoms with van der Waals surface area (Å²) in [5, 5.41) is 0. The molecule has 1 nitrogen and oxygen atoms in total. The normalized spacial score (nSPS) is 25.2. The van der Waals surface area contributed by atoms with Gasteiger partial charge in [0.2, 0.25) is 0 Å². The average Bonchev–Trinajstić information content (AvgIpc) is 2.88. The monoisotopic (exact) mass is 233 g/mol. The van der Waals surface area contributed by atoms with Crippen LogP contribution in [-0.4, -0.2) is 23.0 Å². The number of rotatable bonds is 10. The van der Waals surface area contributed by atoms with Gasteiger partial charge in [-0.3, -0.25) is 4.90 Å². The van der Waals surface area contributed by atoms with Crippen LogP contribution in [0.4, 0.5) is 0 Å². The number of unbranched alkanes of at least 4 members (excludes halogenated alkanes) is 2. The Kier molecular flexibility index (Phi) is 5.70. The molecular formula is C16H27N. The van der Waals surface area contributed by atoms with Gasteiger partial charge in [-0.2, -0.15) is 0 Å². The smallest absolute Gasteiger partial charge is 0.0440 e. The first-order valence-corrected chi connectivity index (χ1v) is 6.86. The molecule has 96 valence electrons. The van der Waals surface area contributed by atoms with E-state index in [9.17, 15) is 0 Å². The Morgan fingerprint density at radius 3 is 2.18 bits per heavy atom. The van der Waals surface area contributed by atoms with E-state index in [-0.39, 0.29) is 0 Å². The standard InChI is InChI=1S/C16H27N/c1-5-9-10-14-17-15(11-6-2)16(17,12-7-3)13-8-4/h6-8,15H,2-5,9-14H2,1H3. The van der Waals surface area contributed by atoms with E-state index in [2.05, 4.69) is 43.7 Å². The van der Waals surface area contributed by atoms with Crippen molar-refractivity contribution in [1.82, 2.24) is 4.90 Å².